The number of aryl methyl sites for hydroxylation is 1. The fourth-order valence-electron chi connectivity index (χ4n) is 1.70. The van der Waals surface area contributed by atoms with Gasteiger partial charge in [-0.25, -0.2) is 4.79 Å². The van der Waals surface area contributed by atoms with Crippen LogP contribution in [-0.2, 0) is 4.79 Å². The first-order valence-corrected chi connectivity index (χ1v) is 6.60. The molecule has 0 aliphatic rings. The number of hydrogen-bond donors (Lipinski definition) is 2. The quantitative estimate of drug-likeness (QED) is 0.909. The van der Waals surface area contributed by atoms with Gasteiger partial charge in [-0.3, -0.25) is 9.48 Å². The number of carboxylic acids is 1. The zero-order valence-corrected chi connectivity index (χ0v) is 12.3. The van der Waals surface area contributed by atoms with E-state index < -0.39 is 12.0 Å². The molecule has 0 saturated heterocycles. The summed E-state index contributed by atoms with van der Waals surface area (Å²) >= 11 is 6.00. The summed E-state index contributed by atoms with van der Waals surface area (Å²) < 4.78 is 1.30. The highest BCUT2D eigenvalue weighted by Gasteiger charge is 2.17. The van der Waals surface area contributed by atoms with Crippen molar-refractivity contribution in [2.45, 2.75) is 19.9 Å². The molecule has 0 bridgehead atoms. The summed E-state index contributed by atoms with van der Waals surface area (Å²) in [5.74, 6) is -1.39. The van der Waals surface area contributed by atoms with Gasteiger partial charge in [0.15, 0.2) is 0 Å². The summed E-state index contributed by atoms with van der Waals surface area (Å²) in [4.78, 5) is 22.9. The number of carboxylic acid groups (broad SMARTS) is 1. The van der Waals surface area contributed by atoms with Crippen LogP contribution in [0.15, 0.2) is 30.6 Å². The molecule has 1 unspecified atom stereocenters. The second kappa shape index (κ2) is 5.97. The molecular weight excluding hydrogens is 294 g/mol. The second-order valence-corrected chi connectivity index (χ2v) is 5.05. The lowest BCUT2D eigenvalue weighted by molar-refractivity contribution is -0.119. The summed E-state index contributed by atoms with van der Waals surface area (Å²) in [5, 5.41) is 16.0. The minimum absolute atomic E-state index is 0.0352. The highest BCUT2D eigenvalue weighted by Crippen LogP contribution is 2.21. The van der Waals surface area contributed by atoms with Gasteiger partial charge in [0, 0.05) is 16.9 Å². The maximum atomic E-state index is 12.1. The largest absolute Gasteiger partial charge is 0.478 e. The Kier molecular flexibility index (Phi) is 4.28. The molecule has 2 aromatic rings. The van der Waals surface area contributed by atoms with Crippen molar-refractivity contribution in [2.24, 2.45) is 0 Å². The van der Waals surface area contributed by atoms with Gasteiger partial charge >= 0.3 is 5.97 Å². The number of amides is 1. The summed E-state index contributed by atoms with van der Waals surface area (Å²) in [6, 6.07) is 4.57. The van der Waals surface area contributed by atoms with E-state index in [0.717, 1.165) is 5.56 Å². The third-order valence-corrected chi connectivity index (χ3v) is 3.47. The molecule has 2 rings (SSSR count). The molecule has 1 aromatic heterocycles. The molecule has 2 N–H and O–H groups in total. The van der Waals surface area contributed by atoms with Gasteiger partial charge in [-0.15, -0.1) is 0 Å². The SMILES string of the molecule is Cc1ccc(NC(=O)C(C)n2cc(C(=O)O)cn2)cc1Cl. The molecule has 1 amide bonds. The summed E-state index contributed by atoms with van der Waals surface area (Å²) in [6.07, 6.45) is 2.52. The van der Waals surface area contributed by atoms with Gasteiger partial charge in [0.25, 0.3) is 0 Å². The second-order valence-electron chi connectivity index (χ2n) is 4.64. The fourth-order valence-corrected chi connectivity index (χ4v) is 1.88. The predicted molar refractivity (Wildman–Crippen MR) is 78.7 cm³/mol. The lowest BCUT2D eigenvalue weighted by Crippen LogP contribution is -2.24. The van der Waals surface area contributed by atoms with E-state index in [1.165, 1.54) is 17.1 Å². The van der Waals surface area contributed by atoms with Crippen LogP contribution in [0.2, 0.25) is 5.02 Å². The molecule has 1 aromatic carbocycles. The molecule has 0 fully saturated rings. The Labute approximate surface area is 126 Å². The van der Waals surface area contributed by atoms with Crippen LogP contribution >= 0.6 is 11.6 Å². The predicted octanol–water partition coefficient (Wildman–Crippen LogP) is 2.74. The van der Waals surface area contributed by atoms with Gasteiger partial charge in [0.05, 0.1) is 11.8 Å². The van der Waals surface area contributed by atoms with Crippen LogP contribution < -0.4 is 5.32 Å². The molecule has 1 atom stereocenters. The van der Waals surface area contributed by atoms with Crippen LogP contribution in [-0.4, -0.2) is 26.8 Å². The lowest BCUT2D eigenvalue weighted by Gasteiger charge is -2.13. The number of anilines is 1. The summed E-state index contributed by atoms with van der Waals surface area (Å²) in [6.45, 7) is 3.50. The van der Waals surface area contributed by atoms with Crippen LogP contribution in [0.3, 0.4) is 0 Å². The van der Waals surface area contributed by atoms with E-state index >= 15 is 0 Å². The van der Waals surface area contributed by atoms with E-state index in [1.807, 2.05) is 6.92 Å². The number of nitrogens with one attached hydrogen (secondary N) is 1. The Morgan fingerprint density at radius 2 is 2.14 bits per heavy atom. The zero-order valence-electron chi connectivity index (χ0n) is 11.5. The lowest BCUT2D eigenvalue weighted by atomic mass is 10.2. The monoisotopic (exact) mass is 307 g/mol. The number of rotatable bonds is 4. The molecule has 1 heterocycles. The van der Waals surface area contributed by atoms with Crippen molar-refractivity contribution in [2.75, 3.05) is 5.32 Å². The van der Waals surface area contributed by atoms with Crippen LogP contribution in [0.5, 0.6) is 0 Å². The number of halogens is 1. The van der Waals surface area contributed by atoms with Crippen molar-refractivity contribution >= 4 is 29.2 Å². The first-order chi connectivity index (χ1) is 9.88. The van der Waals surface area contributed by atoms with Gasteiger partial charge in [0.2, 0.25) is 5.91 Å². The fraction of sp³-hybridized carbons (Fsp3) is 0.214. The number of hydrogen-bond acceptors (Lipinski definition) is 3. The Morgan fingerprint density at radius 1 is 1.43 bits per heavy atom. The summed E-state index contributed by atoms with van der Waals surface area (Å²) in [7, 11) is 0. The van der Waals surface area contributed by atoms with Crippen molar-refractivity contribution < 1.29 is 14.7 Å². The van der Waals surface area contributed by atoms with E-state index in [4.69, 9.17) is 16.7 Å². The third kappa shape index (κ3) is 3.41. The molecule has 7 heteroatoms. The smallest absolute Gasteiger partial charge is 0.338 e. The maximum absolute atomic E-state index is 12.1. The van der Waals surface area contributed by atoms with Crippen LogP contribution in [0, 0.1) is 6.92 Å². The minimum atomic E-state index is -1.08. The van der Waals surface area contributed by atoms with Crippen molar-refractivity contribution in [3.05, 3.63) is 46.7 Å². The zero-order chi connectivity index (χ0) is 15.6. The Bertz CT molecular complexity index is 697. The number of nitrogens with zero attached hydrogens (tertiary/aromatic N) is 2. The number of aromatic carboxylic acids is 1. The van der Waals surface area contributed by atoms with Gasteiger partial charge in [-0.05, 0) is 31.5 Å². The average molecular weight is 308 g/mol. The molecular formula is C14H14ClN3O3. The number of carbonyl (C=O) groups excluding carboxylic acids is 1. The van der Waals surface area contributed by atoms with Crippen LogP contribution in [0.4, 0.5) is 5.69 Å². The molecule has 0 aliphatic heterocycles. The van der Waals surface area contributed by atoms with E-state index in [1.54, 1.807) is 25.1 Å². The van der Waals surface area contributed by atoms with Crippen molar-refractivity contribution in [3.8, 4) is 0 Å². The van der Waals surface area contributed by atoms with E-state index in [2.05, 4.69) is 10.4 Å². The molecule has 6 nitrogen and oxygen atoms in total. The first kappa shape index (κ1) is 15.1. The summed E-state index contributed by atoms with van der Waals surface area (Å²) in [5.41, 5.74) is 1.53. The average Bonchev–Trinajstić information content (AvgIpc) is 2.92. The molecule has 110 valence electrons. The molecule has 0 radical (unpaired) electrons. The molecule has 21 heavy (non-hydrogen) atoms. The van der Waals surface area contributed by atoms with Crippen molar-refractivity contribution in [1.29, 1.82) is 0 Å². The van der Waals surface area contributed by atoms with Crippen LogP contribution in [0.1, 0.15) is 28.9 Å². The van der Waals surface area contributed by atoms with Gasteiger partial charge in [-0.1, -0.05) is 17.7 Å². The third-order valence-electron chi connectivity index (χ3n) is 3.06. The molecule has 0 aliphatic carbocycles. The van der Waals surface area contributed by atoms with Gasteiger partial charge in [-0.2, -0.15) is 5.10 Å². The maximum Gasteiger partial charge on any atom is 0.338 e. The molecule has 0 spiro atoms. The Balaban J connectivity index is 2.11. The van der Waals surface area contributed by atoms with Gasteiger partial charge < -0.3 is 10.4 Å². The Hall–Kier alpha value is -2.34. The number of aromatic nitrogens is 2. The van der Waals surface area contributed by atoms with Crippen LogP contribution in [0.25, 0.3) is 0 Å². The molecule has 0 saturated carbocycles. The number of carbonyl (C=O) groups is 2. The highest BCUT2D eigenvalue weighted by molar-refractivity contribution is 6.31. The topological polar surface area (TPSA) is 84.2 Å². The minimum Gasteiger partial charge on any atom is -0.478 e. The number of benzene rings is 1. The van der Waals surface area contributed by atoms with Gasteiger partial charge in [0.1, 0.15) is 6.04 Å². The highest BCUT2D eigenvalue weighted by atomic mass is 35.5. The first-order valence-electron chi connectivity index (χ1n) is 6.23. The van der Waals surface area contributed by atoms with Crippen molar-refractivity contribution in [1.82, 2.24) is 9.78 Å². The van der Waals surface area contributed by atoms with E-state index in [0.29, 0.717) is 10.7 Å². The van der Waals surface area contributed by atoms with E-state index in [9.17, 15) is 9.59 Å². The normalized spacial score (nSPS) is 12.0. The van der Waals surface area contributed by atoms with E-state index in [-0.39, 0.29) is 11.5 Å². The van der Waals surface area contributed by atoms with Crippen molar-refractivity contribution in [3.63, 3.8) is 0 Å². The Morgan fingerprint density at radius 3 is 2.71 bits per heavy atom. The standard InChI is InChI=1S/C14H14ClN3O3/c1-8-3-4-11(5-12(8)15)17-13(19)9(2)18-7-10(6-16-18)14(20)21/h3-7,9H,1-2H3,(H,17,19)(H,20,21).